The second-order valence-electron chi connectivity index (χ2n) is 7.85. The molecule has 3 N–H and O–H groups in total. The summed E-state index contributed by atoms with van der Waals surface area (Å²) in [5.74, 6) is 0.818. The van der Waals surface area contributed by atoms with E-state index in [1.807, 2.05) is 28.7 Å². The fourth-order valence-corrected chi connectivity index (χ4v) is 4.34. The predicted octanol–water partition coefficient (Wildman–Crippen LogP) is 3.92. The molecular formula is C21H28N6O2. The second-order valence-corrected chi connectivity index (χ2v) is 7.85. The van der Waals surface area contributed by atoms with Crippen LogP contribution in [0.4, 0.5) is 11.5 Å². The maximum absolute atomic E-state index is 6.41. The van der Waals surface area contributed by atoms with Gasteiger partial charge in [-0.15, -0.1) is 0 Å². The Labute approximate surface area is 170 Å². The highest BCUT2D eigenvalue weighted by atomic mass is 16.5. The van der Waals surface area contributed by atoms with E-state index in [1.54, 1.807) is 0 Å². The zero-order valence-corrected chi connectivity index (χ0v) is 16.8. The highest BCUT2D eigenvalue weighted by Crippen LogP contribution is 2.36. The van der Waals surface area contributed by atoms with Crippen LogP contribution in [0.25, 0.3) is 22.0 Å². The third kappa shape index (κ3) is 3.36. The van der Waals surface area contributed by atoms with Crippen LogP contribution in [0.5, 0.6) is 0 Å². The molecule has 2 aromatic heterocycles. The summed E-state index contributed by atoms with van der Waals surface area (Å²) in [5, 5.41) is 13.5. The van der Waals surface area contributed by atoms with Gasteiger partial charge in [0.2, 0.25) is 0 Å². The van der Waals surface area contributed by atoms with Crippen molar-refractivity contribution in [2.24, 2.45) is 0 Å². The number of hydrogen-bond donors (Lipinski definition) is 2. The Bertz CT molecular complexity index is 998. The minimum atomic E-state index is -0.0296. The lowest BCUT2D eigenvalue weighted by Crippen LogP contribution is -2.19. The molecule has 2 aliphatic heterocycles. The first-order valence-electron chi connectivity index (χ1n) is 10.5. The molecule has 0 saturated carbocycles. The molecule has 2 atom stereocenters. The van der Waals surface area contributed by atoms with Gasteiger partial charge in [0, 0.05) is 43.1 Å². The van der Waals surface area contributed by atoms with Crippen LogP contribution in [0.2, 0.25) is 0 Å². The van der Waals surface area contributed by atoms with Crippen LogP contribution in [0.3, 0.4) is 0 Å². The number of anilines is 2. The number of nitrogens with two attached hydrogens (primary N) is 1. The molecule has 2 aliphatic rings. The van der Waals surface area contributed by atoms with Crippen molar-refractivity contribution in [3.05, 3.63) is 24.5 Å². The third-order valence-electron chi connectivity index (χ3n) is 5.91. The first-order chi connectivity index (χ1) is 14.2. The number of hydrogen-bond acceptors (Lipinski definition) is 6. The Morgan fingerprint density at radius 1 is 1.07 bits per heavy atom. The maximum Gasteiger partial charge on any atom is 0.155 e. The fourth-order valence-electron chi connectivity index (χ4n) is 4.34. The van der Waals surface area contributed by atoms with E-state index in [0.717, 1.165) is 79.6 Å². The predicted molar refractivity (Wildman–Crippen MR) is 113 cm³/mol. The molecule has 4 heterocycles. The molecule has 0 spiro atoms. The molecule has 8 nitrogen and oxygen atoms in total. The number of aromatic nitrogens is 4. The van der Waals surface area contributed by atoms with Crippen LogP contribution >= 0.6 is 0 Å². The van der Waals surface area contributed by atoms with Crippen LogP contribution in [-0.2, 0) is 9.47 Å². The molecule has 29 heavy (non-hydrogen) atoms. The lowest BCUT2D eigenvalue weighted by Gasteiger charge is -2.23. The van der Waals surface area contributed by atoms with Crippen molar-refractivity contribution in [3.8, 4) is 11.1 Å². The Morgan fingerprint density at radius 3 is 2.52 bits per heavy atom. The van der Waals surface area contributed by atoms with E-state index >= 15 is 0 Å². The minimum Gasteiger partial charge on any atom is -0.398 e. The SMILES string of the molecule is CNc1nn(C2CCCCO2)cc1-c1cc(N)c2cnn(C3CCCCO3)c2c1. The van der Waals surface area contributed by atoms with Gasteiger partial charge in [-0.1, -0.05) is 0 Å². The minimum absolute atomic E-state index is 0.00755. The molecule has 8 heteroatoms. The van der Waals surface area contributed by atoms with Gasteiger partial charge in [0.05, 0.1) is 11.7 Å². The second kappa shape index (κ2) is 7.68. The summed E-state index contributed by atoms with van der Waals surface area (Å²) in [7, 11) is 1.89. The quantitative estimate of drug-likeness (QED) is 0.650. The summed E-state index contributed by atoms with van der Waals surface area (Å²) in [6, 6.07) is 4.14. The van der Waals surface area contributed by atoms with Crippen molar-refractivity contribution in [2.45, 2.75) is 51.0 Å². The number of benzene rings is 1. The first kappa shape index (κ1) is 18.4. The van der Waals surface area contributed by atoms with Gasteiger partial charge >= 0.3 is 0 Å². The number of rotatable bonds is 4. The van der Waals surface area contributed by atoms with Gasteiger partial charge in [-0.2, -0.15) is 10.2 Å². The van der Waals surface area contributed by atoms with Crippen molar-refractivity contribution < 1.29 is 9.47 Å². The van der Waals surface area contributed by atoms with Crippen LogP contribution in [0.1, 0.15) is 51.0 Å². The van der Waals surface area contributed by atoms with E-state index in [2.05, 4.69) is 22.7 Å². The zero-order chi connectivity index (χ0) is 19.8. The van der Waals surface area contributed by atoms with Crippen LogP contribution in [0.15, 0.2) is 24.5 Å². The van der Waals surface area contributed by atoms with Gasteiger partial charge in [0.1, 0.15) is 6.23 Å². The van der Waals surface area contributed by atoms with E-state index in [9.17, 15) is 0 Å². The normalized spacial score (nSPS) is 22.8. The number of nitrogens with zero attached hydrogens (tertiary/aromatic N) is 4. The molecule has 3 aromatic rings. The lowest BCUT2D eigenvalue weighted by atomic mass is 10.0. The van der Waals surface area contributed by atoms with Crippen LogP contribution in [-0.4, -0.2) is 39.8 Å². The standard InChI is InChI=1S/C21H28N6O2/c1-23-21-16(13-26(25-21)19-6-2-4-8-28-19)14-10-17(22)15-12-24-27(18(15)11-14)20-7-3-5-9-29-20/h10-13,19-20H,2-9,22H2,1H3,(H,23,25). The molecule has 0 bridgehead atoms. The van der Waals surface area contributed by atoms with E-state index < -0.39 is 0 Å². The summed E-state index contributed by atoms with van der Waals surface area (Å²) in [6.45, 7) is 1.56. The fraction of sp³-hybridized carbons (Fsp3) is 0.524. The zero-order valence-electron chi connectivity index (χ0n) is 16.8. The van der Waals surface area contributed by atoms with Gasteiger partial charge in [-0.3, -0.25) is 0 Å². The summed E-state index contributed by atoms with van der Waals surface area (Å²) >= 11 is 0. The van der Waals surface area contributed by atoms with E-state index in [1.165, 1.54) is 0 Å². The van der Waals surface area contributed by atoms with Crippen molar-refractivity contribution >= 4 is 22.4 Å². The highest BCUT2D eigenvalue weighted by Gasteiger charge is 2.22. The van der Waals surface area contributed by atoms with Crippen molar-refractivity contribution in [2.75, 3.05) is 31.3 Å². The van der Waals surface area contributed by atoms with Crippen molar-refractivity contribution in [1.82, 2.24) is 19.6 Å². The van der Waals surface area contributed by atoms with Gasteiger partial charge in [-0.25, -0.2) is 9.36 Å². The largest absolute Gasteiger partial charge is 0.398 e. The number of fused-ring (bicyclic) bond motifs is 1. The van der Waals surface area contributed by atoms with E-state index in [4.69, 9.17) is 20.3 Å². The third-order valence-corrected chi connectivity index (χ3v) is 5.91. The summed E-state index contributed by atoms with van der Waals surface area (Å²) in [5.41, 5.74) is 10.1. The Morgan fingerprint density at radius 2 is 1.83 bits per heavy atom. The molecule has 2 unspecified atom stereocenters. The molecule has 0 radical (unpaired) electrons. The molecule has 2 fully saturated rings. The van der Waals surface area contributed by atoms with E-state index in [0.29, 0.717) is 5.69 Å². The van der Waals surface area contributed by atoms with E-state index in [-0.39, 0.29) is 12.5 Å². The number of nitrogens with one attached hydrogen (secondary N) is 1. The van der Waals surface area contributed by atoms with Crippen LogP contribution < -0.4 is 11.1 Å². The van der Waals surface area contributed by atoms with Crippen molar-refractivity contribution in [3.63, 3.8) is 0 Å². The highest BCUT2D eigenvalue weighted by molar-refractivity contribution is 5.95. The monoisotopic (exact) mass is 396 g/mol. The topological polar surface area (TPSA) is 92.1 Å². The summed E-state index contributed by atoms with van der Waals surface area (Å²) in [6.07, 6.45) is 10.3. The Kier molecular flexibility index (Phi) is 4.89. The maximum atomic E-state index is 6.41. The number of nitrogen functional groups attached to an aromatic ring is 1. The van der Waals surface area contributed by atoms with Crippen LogP contribution in [0, 0.1) is 0 Å². The lowest BCUT2D eigenvalue weighted by molar-refractivity contribution is -0.0393. The van der Waals surface area contributed by atoms with Gasteiger partial charge in [-0.05, 0) is 56.2 Å². The Hall–Kier alpha value is -2.58. The molecule has 0 aliphatic carbocycles. The smallest absolute Gasteiger partial charge is 0.155 e. The first-order valence-corrected chi connectivity index (χ1v) is 10.5. The van der Waals surface area contributed by atoms with Gasteiger partial charge < -0.3 is 20.5 Å². The summed E-state index contributed by atoms with van der Waals surface area (Å²) < 4.78 is 15.8. The van der Waals surface area contributed by atoms with Crippen molar-refractivity contribution in [1.29, 1.82) is 0 Å². The molecule has 0 amide bonds. The molecule has 5 rings (SSSR count). The number of ether oxygens (including phenoxy) is 2. The average Bonchev–Trinajstić information content (AvgIpc) is 3.40. The molecular weight excluding hydrogens is 368 g/mol. The molecule has 1 aromatic carbocycles. The molecule has 2 saturated heterocycles. The average molecular weight is 396 g/mol. The van der Waals surface area contributed by atoms with Gasteiger partial charge in [0.15, 0.2) is 12.0 Å². The van der Waals surface area contributed by atoms with Gasteiger partial charge in [0.25, 0.3) is 0 Å². The molecule has 154 valence electrons. The Balaban J connectivity index is 1.56. The summed E-state index contributed by atoms with van der Waals surface area (Å²) in [4.78, 5) is 0.